The summed E-state index contributed by atoms with van der Waals surface area (Å²) in [5.41, 5.74) is 10.2. The van der Waals surface area contributed by atoms with Gasteiger partial charge in [0.25, 0.3) is 0 Å². The molecule has 0 saturated carbocycles. The highest BCUT2D eigenvalue weighted by Crippen LogP contribution is 2.39. The molecule has 2 aliphatic rings. The third-order valence-corrected chi connectivity index (χ3v) is 6.34. The lowest BCUT2D eigenvalue weighted by atomic mass is 9.84. The van der Waals surface area contributed by atoms with E-state index in [0.29, 0.717) is 6.04 Å². The average molecular weight is 415 g/mol. The fourth-order valence-corrected chi connectivity index (χ4v) is 4.98. The van der Waals surface area contributed by atoms with Crippen molar-refractivity contribution in [2.75, 3.05) is 13.1 Å². The van der Waals surface area contributed by atoms with Crippen LogP contribution in [0.25, 0.3) is 0 Å². The molecule has 26 heavy (non-hydrogen) atoms. The number of nitrogens with two attached hydrogens (primary N) is 1. The van der Waals surface area contributed by atoms with Crippen molar-refractivity contribution in [2.24, 2.45) is 5.73 Å². The Morgan fingerprint density at radius 3 is 2.81 bits per heavy atom. The SMILES string of the molecule is Cc1ccc(O[C@H]2c3ccccc3CC[C@@H]2N2CCC[C@@H](N)C2)c(Br)c1. The summed E-state index contributed by atoms with van der Waals surface area (Å²) >= 11 is 3.68. The first kappa shape index (κ1) is 18.0. The molecule has 1 saturated heterocycles. The number of nitrogens with zero attached hydrogens (tertiary/aromatic N) is 1. The van der Waals surface area contributed by atoms with Gasteiger partial charge in [0.2, 0.25) is 0 Å². The zero-order valence-corrected chi connectivity index (χ0v) is 16.9. The van der Waals surface area contributed by atoms with Crippen LogP contribution in [0.3, 0.4) is 0 Å². The molecule has 4 heteroatoms. The van der Waals surface area contributed by atoms with E-state index in [4.69, 9.17) is 10.5 Å². The van der Waals surface area contributed by atoms with Gasteiger partial charge in [-0.1, -0.05) is 30.3 Å². The number of ether oxygens (including phenoxy) is 1. The molecule has 2 aromatic carbocycles. The number of aryl methyl sites for hydroxylation is 2. The zero-order valence-electron chi connectivity index (χ0n) is 15.3. The standard InChI is InChI=1S/C22H27BrN2O/c1-15-8-11-21(19(23)13-15)26-22-18-7-3-2-5-16(18)9-10-20(22)25-12-4-6-17(24)14-25/h2-3,5,7-8,11,13,17,20,22H,4,6,9-10,12,14,24H2,1H3/t17-,20+,22+/m1/s1. The van der Waals surface area contributed by atoms with Crippen LogP contribution in [0, 0.1) is 6.92 Å². The van der Waals surface area contributed by atoms with Crippen molar-refractivity contribution < 1.29 is 4.74 Å². The van der Waals surface area contributed by atoms with Crippen LogP contribution in [0.2, 0.25) is 0 Å². The van der Waals surface area contributed by atoms with Crippen molar-refractivity contribution in [1.29, 1.82) is 0 Å². The van der Waals surface area contributed by atoms with Crippen molar-refractivity contribution >= 4 is 15.9 Å². The number of rotatable bonds is 3. The molecule has 2 N–H and O–H groups in total. The van der Waals surface area contributed by atoms with Crippen molar-refractivity contribution in [3.63, 3.8) is 0 Å². The Balaban J connectivity index is 1.67. The fraction of sp³-hybridized carbons (Fsp3) is 0.455. The molecule has 1 heterocycles. The first-order valence-electron chi connectivity index (χ1n) is 9.62. The first-order chi connectivity index (χ1) is 12.6. The molecule has 0 aromatic heterocycles. The van der Waals surface area contributed by atoms with Crippen molar-refractivity contribution in [3.8, 4) is 5.75 Å². The van der Waals surface area contributed by atoms with Crippen LogP contribution in [0.5, 0.6) is 5.75 Å². The minimum Gasteiger partial charge on any atom is -0.483 e. The molecule has 4 rings (SSSR count). The van der Waals surface area contributed by atoms with Gasteiger partial charge in [-0.2, -0.15) is 0 Å². The molecule has 3 atom stereocenters. The lowest BCUT2D eigenvalue weighted by molar-refractivity contribution is 0.0363. The zero-order chi connectivity index (χ0) is 18.1. The van der Waals surface area contributed by atoms with E-state index in [9.17, 15) is 0 Å². The van der Waals surface area contributed by atoms with Crippen molar-refractivity contribution in [2.45, 2.75) is 50.8 Å². The van der Waals surface area contributed by atoms with E-state index >= 15 is 0 Å². The summed E-state index contributed by atoms with van der Waals surface area (Å²) in [4.78, 5) is 2.57. The van der Waals surface area contributed by atoms with Gasteiger partial charge >= 0.3 is 0 Å². The second-order valence-electron chi connectivity index (χ2n) is 7.67. The number of fused-ring (bicyclic) bond motifs is 1. The molecular formula is C22H27BrN2O. The van der Waals surface area contributed by atoms with E-state index in [2.05, 4.69) is 70.2 Å². The van der Waals surface area contributed by atoms with E-state index in [0.717, 1.165) is 42.6 Å². The summed E-state index contributed by atoms with van der Waals surface area (Å²) < 4.78 is 7.66. The smallest absolute Gasteiger partial charge is 0.139 e. The van der Waals surface area contributed by atoms with Crippen LogP contribution in [0.1, 0.15) is 42.1 Å². The monoisotopic (exact) mass is 414 g/mol. The molecule has 3 nitrogen and oxygen atoms in total. The number of hydrogen-bond donors (Lipinski definition) is 1. The topological polar surface area (TPSA) is 38.5 Å². The average Bonchev–Trinajstić information content (AvgIpc) is 2.64. The van der Waals surface area contributed by atoms with Crippen molar-refractivity contribution in [1.82, 2.24) is 4.90 Å². The minimum atomic E-state index is 0.0456. The summed E-state index contributed by atoms with van der Waals surface area (Å²) in [6.45, 7) is 4.19. The highest BCUT2D eigenvalue weighted by atomic mass is 79.9. The Hall–Kier alpha value is -1.36. The molecule has 1 fully saturated rings. The summed E-state index contributed by atoms with van der Waals surface area (Å²) in [6, 6.07) is 15.7. The van der Waals surface area contributed by atoms with Crippen LogP contribution in [-0.4, -0.2) is 30.1 Å². The predicted octanol–water partition coefficient (Wildman–Crippen LogP) is 4.62. The lowest BCUT2D eigenvalue weighted by Gasteiger charge is -2.43. The van der Waals surface area contributed by atoms with E-state index in [1.165, 1.54) is 23.1 Å². The van der Waals surface area contributed by atoms with Gasteiger partial charge < -0.3 is 10.5 Å². The first-order valence-corrected chi connectivity index (χ1v) is 10.4. The van der Waals surface area contributed by atoms with Gasteiger partial charge in [-0.05, 0) is 83.9 Å². The molecule has 1 aliphatic carbocycles. The number of benzene rings is 2. The maximum Gasteiger partial charge on any atom is 0.139 e. The second kappa shape index (κ2) is 7.71. The highest BCUT2D eigenvalue weighted by molar-refractivity contribution is 9.10. The Kier molecular flexibility index (Phi) is 5.35. The van der Waals surface area contributed by atoms with Gasteiger partial charge in [-0.15, -0.1) is 0 Å². The lowest BCUT2D eigenvalue weighted by Crippen LogP contribution is -2.51. The molecule has 0 bridgehead atoms. The van der Waals surface area contributed by atoms with Crippen molar-refractivity contribution in [3.05, 3.63) is 63.6 Å². The Bertz CT molecular complexity index is 778. The Morgan fingerprint density at radius 2 is 2.00 bits per heavy atom. The van der Waals surface area contributed by atoms with Crippen LogP contribution in [-0.2, 0) is 6.42 Å². The summed E-state index contributed by atoms with van der Waals surface area (Å²) in [6.07, 6.45) is 4.60. The van der Waals surface area contributed by atoms with Crippen LogP contribution in [0.4, 0.5) is 0 Å². The third kappa shape index (κ3) is 3.68. The largest absolute Gasteiger partial charge is 0.483 e. The molecular weight excluding hydrogens is 388 g/mol. The normalized spacial score (nSPS) is 26.3. The van der Waals surface area contributed by atoms with E-state index < -0.39 is 0 Å². The third-order valence-electron chi connectivity index (χ3n) is 5.72. The number of hydrogen-bond acceptors (Lipinski definition) is 3. The van der Waals surface area contributed by atoms with Gasteiger partial charge in [0.15, 0.2) is 0 Å². The molecule has 0 spiro atoms. The molecule has 0 unspecified atom stereocenters. The highest BCUT2D eigenvalue weighted by Gasteiger charge is 2.36. The maximum atomic E-state index is 6.64. The Morgan fingerprint density at radius 1 is 1.15 bits per heavy atom. The minimum absolute atomic E-state index is 0.0456. The maximum absolute atomic E-state index is 6.64. The molecule has 0 radical (unpaired) electrons. The molecule has 138 valence electrons. The second-order valence-corrected chi connectivity index (χ2v) is 8.53. The summed E-state index contributed by atoms with van der Waals surface area (Å²) in [7, 11) is 0. The quantitative estimate of drug-likeness (QED) is 0.796. The Labute approximate surface area is 164 Å². The van der Waals surface area contributed by atoms with E-state index in [-0.39, 0.29) is 12.1 Å². The van der Waals surface area contributed by atoms with Gasteiger partial charge in [-0.25, -0.2) is 0 Å². The van der Waals surface area contributed by atoms with Crippen LogP contribution in [0.15, 0.2) is 46.9 Å². The number of likely N-dealkylation sites (tertiary alicyclic amines) is 1. The van der Waals surface area contributed by atoms with Gasteiger partial charge in [0.1, 0.15) is 11.9 Å². The van der Waals surface area contributed by atoms with Crippen LogP contribution >= 0.6 is 15.9 Å². The number of piperidine rings is 1. The molecule has 2 aromatic rings. The number of halogens is 1. The summed E-state index contributed by atoms with van der Waals surface area (Å²) in [5.74, 6) is 0.920. The van der Waals surface area contributed by atoms with Gasteiger partial charge in [-0.3, -0.25) is 4.90 Å². The van der Waals surface area contributed by atoms with Crippen LogP contribution < -0.4 is 10.5 Å². The van der Waals surface area contributed by atoms with E-state index in [1.807, 2.05) is 0 Å². The molecule has 0 amide bonds. The van der Waals surface area contributed by atoms with Gasteiger partial charge in [0, 0.05) is 12.6 Å². The summed E-state index contributed by atoms with van der Waals surface area (Å²) in [5, 5.41) is 0. The molecule has 1 aliphatic heterocycles. The van der Waals surface area contributed by atoms with E-state index in [1.54, 1.807) is 0 Å². The van der Waals surface area contributed by atoms with Gasteiger partial charge in [0.05, 0.1) is 10.5 Å². The predicted molar refractivity (Wildman–Crippen MR) is 110 cm³/mol. The fourth-order valence-electron chi connectivity index (χ4n) is 4.40.